The smallest absolute Gasteiger partial charge is 0.325 e. The lowest BCUT2D eigenvalue weighted by molar-refractivity contribution is -0.141. The average Bonchev–Trinajstić information content (AvgIpc) is 3.05. The van der Waals surface area contributed by atoms with Crippen LogP contribution in [-0.2, 0) is 20.9 Å². The first kappa shape index (κ1) is 18.9. The number of nitrogens with zero attached hydrogens (tertiary/aromatic N) is 2. The van der Waals surface area contributed by atoms with Crippen LogP contribution in [0.4, 0.5) is 5.69 Å². The molecule has 3 rings (SSSR count). The number of aryl methyl sites for hydroxylation is 1. The van der Waals surface area contributed by atoms with Gasteiger partial charge < -0.3 is 14.6 Å². The largest absolute Gasteiger partial charge is 0.468 e. The van der Waals surface area contributed by atoms with Crippen molar-refractivity contribution in [3.63, 3.8) is 0 Å². The number of nitriles is 1. The number of fused-ring (bicyclic) bond motifs is 1. The number of esters is 1. The molecule has 0 fully saturated rings. The Balaban J connectivity index is 1.94. The van der Waals surface area contributed by atoms with Crippen molar-refractivity contribution in [1.29, 1.82) is 5.26 Å². The number of methoxy groups -OCH3 is 1. The Morgan fingerprint density at radius 2 is 1.89 bits per heavy atom. The van der Waals surface area contributed by atoms with Gasteiger partial charge in [-0.05, 0) is 31.2 Å². The maximum atomic E-state index is 12.5. The maximum Gasteiger partial charge on any atom is 0.325 e. The molecule has 0 saturated carbocycles. The van der Waals surface area contributed by atoms with Gasteiger partial charge in [0.25, 0.3) is 5.91 Å². The fourth-order valence-corrected chi connectivity index (χ4v) is 2.86. The fourth-order valence-electron chi connectivity index (χ4n) is 2.86. The second kappa shape index (κ2) is 8.23. The van der Waals surface area contributed by atoms with E-state index in [4.69, 9.17) is 4.74 Å². The number of rotatable bonds is 5. The third-order valence-corrected chi connectivity index (χ3v) is 4.32. The lowest BCUT2D eigenvalue weighted by Crippen LogP contribution is -2.13. The van der Waals surface area contributed by atoms with E-state index in [0.717, 1.165) is 16.5 Å². The molecule has 6 nitrogen and oxygen atoms in total. The molecule has 6 heteroatoms. The predicted octanol–water partition coefficient (Wildman–Crippen LogP) is 3.67. The third-order valence-electron chi connectivity index (χ3n) is 4.32. The van der Waals surface area contributed by atoms with Crippen LogP contribution in [0.1, 0.15) is 11.1 Å². The number of anilines is 1. The normalized spacial score (nSPS) is 11.1. The molecule has 1 heterocycles. The Labute approximate surface area is 162 Å². The summed E-state index contributed by atoms with van der Waals surface area (Å²) in [5, 5.41) is 13.0. The minimum atomic E-state index is -0.490. The van der Waals surface area contributed by atoms with Crippen LogP contribution in [-0.4, -0.2) is 23.6 Å². The zero-order valence-electron chi connectivity index (χ0n) is 15.6. The highest BCUT2D eigenvalue weighted by Gasteiger charge is 2.14. The molecule has 1 N–H and O–H groups in total. The number of nitrogens with one attached hydrogen (secondary N) is 1. The monoisotopic (exact) mass is 373 g/mol. The molecule has 0 bridgehead atoms. The topological polar surface area (TPSA) is 84.1 Å². The van der Waals surface area contributed by atoms with Crippen LogP contribution in [0.15, 0.2) is 60.3 Å². The van der Waals surface area contributed by atoms with Crippen molar-refractivity contribution in [2.24, 2.45) is 0 Å². The summed E-state index contributed by atoms with van der Waals surface area (Å²) in [5.74, 6) is -0.870. The zero-order chi connectivity index (χ0) is 20.1. The molecule has 0 unspecified atom stereocenters. The minimum Gasteiger partial charge on any atom is -0.468 e. The Morgan fingerprint density at radius 3 is 2.57 bits per heavy atom. The zero-order valence-corrected chi connectivity index (χ0v) is 15.6. The van der Waals surface area contributed by atoms with Crippen LogP contribution in [0.5, 0.6) is 0 Å². The van der Waals surface area contributed by atoms with E-state index in [2.05, 4.69) is 5.32 Å². The Morgan fingerprint density at radius 1 is 1.18 bits per heavy atom. The average molecular weight is 373 g/mol. The van der Waals surface area contributed by atoms with Crippen LogP contribution in [0, 0.1) is 18.3 Å². The molecular formula is C22H19N3O3. The van der Waals surface area contributed by atoms with Gasteiger partial charge in [0.1, 0.15) is 18.2 Å². The van der Waals surface area contributed by atoms with Crippen LogP contribution in [0.25, 0.3) is 17.0 Å². The van der Waals surface area contributed by atoms with E-state index in [1.54, 1.807) is 22.9 Å². The van der Waals surface area contributed by atoms with Crippen molar-refractivity contribution >= 4 is 34.5 Å². The van der Waals surface area contributed by atoms with Gasteiger partial charge in [0, 0.05) is 28.4 Å². The fraction of sp³-hybridized carbons (Fsp3) is 0.136. The number of benzene rings is 2. The summed E-state index contributed by atoms with van der Waals surface area (Å²) in [5.41, 5.74) is 3.16. The summed E-state index contributed by atoms with van der Waals surface area (Å²) in [7, 11) is 1.33. The highest BCUT2D eigenvalue weighted by atomic mass is 16.5. The van der Waals surface area contributed by atoms with E-state index in [9.17, 15) is 14.9 Å². The summed E-state index contributed by atoms with van der Waals surface area (Å²) in [6, 6.07) is 16.7. The molecule has 0 saturated heterocycles. The van der Waals surface area contributed by atoms with E-state index in [1.165, 1.54) is 13.2 Å². The van der Waals surface area contributed by atoms with Gasteiger partial charge >= 0.3 is 5.97 Å². The van der Waals surface area contributed by atoms with E-state index in [1.807, 2.05) is 49.4 Å². The Kier molecular flexibility index (Phi) is 5.56. The molecule has 3 aromatic rings. The number of carbonyl (C=O) groups is 2. The molecule has 2 aromatic carbocycles. The maximum absolute atomic E-state index is 12.5. The molecule has 0 radical (unpaired) electrons. The molecule has 0 aliphatic carbocycles. The van der Waals surface area contributed by atoms with Crippen molar-refractivity contribution in [3.8, 4) is 6.07 Å². The van der Waals surface area contributed by atoms with Crippen molar-refractivity contribution in [3.05, 3.63) is 71.4 Å². The van der Waals surface area contributed by atoms with E-state index in [0.29, 0.717) is 11.3 Å². The number of amides is 1. The van der Waals surface area contributed by atoms with Crippen molar-refractivity contribution in [2.75, 3.05) is 12.4 Å². The van der Waals surface area contributed by atoms with E-state index >= 15 is 0 Å². The highest BCUT2D eigenvalue weighted by molar-refractivity contribution is 6.10. The molecule has 28 heavy (non-hydrogen) atoms. The summed E-state index contributed by atoms with van der Waals surface area (Å²) < 4.78 is 6.47. The molecular weight excluding hydrogens is 354 g/mol. The summed E-state index contributed by atoms with van der Waals surface area (Å²) >= 11 is 0. The van der Waals surface area contributed by atoms with Crippen LogP contribution < -0.4 is 5.32 Å². The van der Waals surface area contributed by atoms with Gasteiger partial charge in [-0.2, -0.15) is 5.26 Å². The molecule has 1 amide bonds. The molecule has 0 spiro atoms. The molecule has 1 aromatic heterocycles. The molecule has 0 aliphatic rings. The van der Waals surface area contributed by atoms with E-state index < -0.39 is 5.91 Å². The van der Waals surface area contributed by atoms with Gasteiger partial charge in [-0.1, -0.05) is 35.9 Å². The van der Waals surface area contributed by atoms with Gasteiger partial charge in [-0.15, -0.1) is 0 Å². The standard InChI is InChI=1S/C22H19N3O3/c1-15-7-9-18(10-8-15)24-22(27)16(12-23)11-17-13-25(14-21(26)28-2)20-6-4-3-5-19(17)20/h3-11,13H,14H2,1-2H3,(H,24,27). The Hall–Kier alpha value is -3.85. The quantitative estimate of drug-likeness (QED) is 0.420. The van der Waals surface area contributed by atoms with Gasteiger partial charge in [0.05, 0.1) is 7.11 Å². The molecule has 140 valence electrons. The number of aromatic nitrogens is 1. The molecule has 0 atom stereocenters. The van der Waals surface area contributed by atoms with Gasteiger partial charge in [0.15, 0.2) is 0 Å². The van der Waals surface area contributed by atoms with Gasteiger partial charge in [-0.3, -0.25) is 9.59 Å². The number of carbonyl (C=O) groups excluding carboxylic acids is 2. The van der Waals surface area contributed by atoms with Crippen molar-refractivity contribution in [2.45, 2.75) is 13.5 Å². The van der Waals surface area contributed by atoms with Crippen LogP contribution in [0.3, 0.4) is 0 Å². The van der Waals surface area contributed by atoms with Crippen LogP contribution >= 0.6 is 0 Å². The summed E-state index contributed by atoms with van der Waals surface area (Å²) in [4.78, 5) is 24.2. The predicted molar refractivity (Wildman–Crippen MR) is 107 cm³/mol. The third kappa shape index (κ3) is 4.10. The second-order valence-corrected chi connectivity index (χ2v) is 6.30. The van der Waals surface area contributed by atoms with E-state index in [-0.39, 0.29) is 18.1 Å². The number of ether oxygens (including phenoxy) is 1. The van der Waals surface area contributed by atoms with Gasteiger partial charge in [0.2, 0.25) is 0 Å². The second-order valence-electron chi connectivity index (χ2n) is 6.30. The SMILES string of the molecule is COC(=O)Cn1cc(C=C(C#N)C(=O)Nc2ccc(C)cc2)c2ccccc21. The number of hydrogen-bond donors (Lipinski definition) is 1. The lowest BCUT2D eigenvalue weighted by atomic mass is 10.1. The van der Waals surface area contributed by atoms with Crippen molar-refractivity contribution in [1.82, 2.24) is 4.57 Å². The summed E-state index contributed by atoms with van der Waals surface area (Å²) in [6.07, 6.45) is 3.26. The number of para-hydroxylation sites is 1. The molecule has 0 aliphatic heterocycles. The first-order valence-electron chi connectivity index (χ1n) is 8.66. The first-order valence-corrected chi connectivity index (χ1v) is 8.66. The highest BCUT2D eigenvalue weighted by Crippen LogP contribution is 2.24. The van der Waals surface area contributed by atoms with Crippen LogP contribution in [0.2, 0.25) is 0 Å². The Bertz CT molecular complexity index is 1100. The summed E-state index contributed by atoms with van der Waals surface area (Å²) in [6.45, 7) is 2.00. The number of hydrogen-bond acceptors (Lipinski definition) is 4. The lowest BCUT2D eigenvalue weighted by Gasteiger charge is -2.04. The minimum absolute atomic E-state index is 0.0263. The van der Waals surface area contributed by atoms with Crippen molar-refractivity contribution < 1.29 is 14.3 Å². The first-order chi connectivity index (χ1) is 13.5. The van der Waals surface area contributed by atoms with Gasteiger partial charge in [-0.25, -0.2) is 0 Å².